The lowest BCUT2D eigenvalue weighted by Gasteiger charge is -2.15. The summed E-state index contributed by atoms with van der Waals surface area (Å²) < 4.78 is 0. The number of nitrogens with one attached hydrogen (secondary N) is 2. The quantitative estimate of drug-likeness (QED) is 0.805. The van der Waals surface area contributed by atoms with Crippen LogP contribution in [0.5, 0.6) is 0 Å². The Balaban J connectivity index is 1.31. The highest BCUT2D eigenvalue weighted by atomic mass is 16.6. The first kappa shape index (κ1) is 18.2. The molecule has 1 aliphatic heterocycles. The summed E-state index contributed by atoms with van der Waals surface area (Å²) in [4.78, 5) is 29.8. The molecule has 0 saturated heterocycles. The van der Waals surface area contributed by atoms with Gasteiger partial charge < -0.3 is 15.5 Å². The minimum absolute atomic E-state index is 0.0846. The summed E-state index contributed by atoms with van der Waals surface area (Å²) in [6, 6.07) is 17.1. The van der Waals surface area contributed by atoms with Gasteiger partial charge in [0.1, 0.15) is 5.71 Å². The molecule has 1 heterocycles. The first-order valence-corrected chi connectivity index (χ1v) is 9.59. The maximum absolute atomic E-state index is 12.5. The topological polar surface area (TPSA) is 79.8 Å². The van der Waals surface area contributed by atoms with E-state index in [9.17, 15) is 9.59 Å². The van der Waals surface area contributed by atoms with E-state index < -0.39 is 0 Å². The first-order chi connectivity index (χ1) is 13.6. The van der Waals surface area contributed by atoms with E-state index in [4.69, 9.17) is 4.84 Å². The van der Waals surface area contributed by atoms with Crippen molar-refractivity contribution in [1.29, 1.82) is 0 Å². The minimum Gasteiger partial charge on any atom is -0.387 e. The molecule has 6 nitrogen and oxygen atoms in total. The molecule has 0 spiro atoms. The molecule has 2 aromatic carbocycles. The van der Waals surface area contributed by atoms with Crippen LogP contribution < -0.4 is 10.6 Å². The van der Waals surface area contributed by atoms with E-state index in [2.05, 4.69) is 15.8 Å². The molecule has 0 bridgehead atoms. The number of anilines is 1. The highest BCUT2D eigenvalue weighted by Gasteiger charge is 2.30. The molecule has 2 unspecified atom stereocenters. The van der Waals surface area contributed by atoms with Crippen molar-refractivity contribution in [2.24, 2.45) is 11.1 Å². The standard InChI is InChI=1S/C22H23N3O3/c1-14(15-9-11-18(12-10-15)24-21(26)17-7-8-17)23-22(27)19-13-20(28-25-19)16-5-3-2-4-6-16/h2-6,9-12,14,17,20H,7-8,13H2,1H3,(H,23,27)(H,24,26). The number of nitrogens with zero attached hydrogens (tertiary/aromatic N) is 1. The van der Waals surface area contributed by atoms with Crippen molar-refractivity contribution >= 4 is 23.2 Å². The molecule has 0 aromatic heterocycles. The third-order valence-electron chi connectivity index (χ3n) is 5.08. The normalized spacial score (nSPS) is 19.3. The second-order valence-electron chi connectivity index (χ2n) is 7.33. The van der Waals surface area contributed by atoms with Crippen LogP contribution in [0.25, 0.3) is 0 Å². The maximum Gasteiger partial charge on any atom is 0.269 e. The summed E-state index contributed by atoms with van der Waals surface area (Å²) in [6.45, 7) is 1.92. The van der Waals surface area contributed by atoms with E-state index in [1.807, 2.05) is 61.5 Å². The molecule has 2 aromatic rings. The SMILES string of the molecule is CC(NC(=O)C1=NOC(c2ccccc2)C1)c1ccc(NC(=O)C2CC2)cc1. The zero-order valence-electron chi connectivity index (χ0n) is 15.7. The molecule has 1 saturated carbocycles. The number of carbonyl (C=O) groups excluding carboxylic acids is 2. The van der Waals surface area contributed by atoms with Crippen LogP contribution in [0.15, 0.2) is 59.8 Å². The Morgan fingerprint density at radius 3 is 2.46 bits per heavy atom. The van der Waals surface area contributed by atoms with E-state index in [-0.39, 0.29) is 29.9 Å². The van der Waals surface area contributed by atoms with Crippen molar-refractivity contribution in [1.82, 2.24) is 5.32 Å². The Morgan fingerprint density at radius 1 is 1.07 bits per heavy atom. The lowest BCUT2D eigenvalue weighted by Crippen LogP contribution is -2.32. The van der Waals surface area contributed by atoms with Gasteiger partial charge in [-0.2, -0.15) is 0 Å². The highest BCUT2D eigenvalue weighted by Crippen LogP contribution is 2.30. The number of hydrogen-bond donors (Lipinski definition) is 2. The van der Waals surface area contributed by atoms with Gasteiger partial charge in [-0.1, -0.05) is 47.6 Å². The molecule has 1 fully saturated rings. The third kappa shape index (κ3) is 4.22. The van der Waals surface area contributed by atoms with Gasteiger partial charge in [-0.3, -0.25) is 9.59 Å². The van der Waals surface area contributed by atoms with Gasteiger partial charge in [0.05, 0.1) is 6.04 Å². The monoisotopic (exact) mass is 377 g/mol. The zero-order chi connectivity index (χ0) is 19.5. The number of carbonyl (C=O) groups is 2. The summed E-state index contributed by atoms with van der Waals surface area (Å²) in [7, 11) is 0. The summed E-state index contributed by atoms with van der Waals surface area (Å²) in [5.74, 6) is 0.0327. The van der Waals surface area contributed by atoms with Crippen molar-refractivity contribution in [2.75, 3.05) is 5.32 Å². The molecular weight excluding hydrogens is 354 g/mol. The molecule has 28 heavy (non-hydrogen) atoms. The molecule has 6 heteroatoms. The van der Waals surface area contributed by atoms with Gasteiger partial charge in [0.2, 0.25) is 5.91 Å². The number of rotatable bonds is 6. The molecule has 2 aliphatic rings. The molecule has 0 radical (unpaired) electrons. The smallest absolute Gasteiger partial charge is 0.269 e. The molecule has 2 N–H and O–H groups in total. The fourth-order valence-electron chi connectivity index (χ4n) is 3.17. The maximum atomic E-state index is 12.5. The second-order valence-corrected chi connectivity index (χ2v) is 7.33. The lowest BCUT2D eigenvalue weighted by atomic mass is 10.0. The van der Waals surface area contributed by atoms with Crippen molar-refractivity contribution in [3.63, 3.8) is 0 Å². The van der Waals surface area contributed by atoms with E-state index in [0.717, 1.165) is 29.7 Å². The van der Waals surface area contributed by atoms with Crippen molar-refractivity contribution < 1.29 is 14.4 Å². The van der Waals surface area contributed by atoms with E-state index in [1.54, 1.807) is 0 Å². The van der Waals surface area contributed by atoms with Crippen LogP contribution in [-0.2, 0) is 14.4 Å². The average molecular weight is 377 g/mol. The number of amides is 2. The number of hydrogen-bond acceptors (Lipinski definition) is 4. The first-order valence-electron chi connectivity index (χ1n) is 9.59. The van der Waals surface area contributed by atoms with Crippen molar-refractivity contribution in [2.45, 2.75) is 38.3 Å². The Morgan fingerprint density at radius 2 is 1.79 bits per heavy atom. The molecule has 2 amide bonds. The average Bonchev–Trinajstić information content (AvgIpc) is 3.45. The van der Waals surface area contributed by atoms with Gasteiger partial charge in [-0.25, -0.2) is 0 Å². The fraction of sp³-hybridized carbons (Fsp3) is 0.318. The van der Waals surface area contributed by atoms with Crippen LogP contribution in [0.3, 0.4) is 0 Å². The highest BCUT2D eigenvalue weighted by molar-refractivity contribution is 6.39. The molecule has 144 valence electrons. The van der Waals surface area contributed by atoms with Crippen LogP contribution in [0.2, 0.25) is 0 Å². The van der Waals surface area contributed by atoms with Gasteiger partial charge in [-0.15, -0.1) is 0 Å². The Bertz CT molecular complexity index is 889. The van der Waals surface area contributed by atoms with Gasteiger partial charge in [0.25, 0.3) is 5.91 Å². The third-order valence-corrected chi connectivity index (χ3v) is 5.08. The lowest BCUT2D eigenvalue weighted by molar-refractivity contribution is -0.117. The predicted molar refractivity (Wildman–Crippen MR) is 107 cm³/mol. The fourth-order valence-corrected chi connectivity index (χ4v) is 3.17. The van der Waals surface area contributed by atoms with Crippen molar-refractivity contribution in [3.8, 4) is 0 Å². The zero-order valence-corrected chi connectivity index (χ0v) is 15.7. The number of oxime groups is 1. The molecule has 2 atom stereocenters. The summed E-state index contributed by atoms with van der Waals surface area (Å²) in [6.07, 6.45) is 2.19. The summed E-state index contributed by atoms with van der Waals surface area (Å²) in [5, 5.41) is 9.84. The van der Waals surface area contributed by atoms with E-state index in [0.29, 0.717) is 12.1 Å². The van der Waals surface area contributed by atoms with Crippen LogP contribution in [-0.4, -0.2) is 17.5 Å². The van der Waals surface area contributed by atoms with E-state index in [1.165, 1.54) is 0 Å². The van der Waals surface area contributed by atoms with Crippen LogP contribution in [0, 0.1) is 5.92 Å². The minimum atomic E-state index is -0.225. The molecule has 1 aliphatic carbocycles. The predicted octanol–water partition coefficient (Wildman–Crippen LogP) is 3.73. The second kappa shape index (κ2) is 7.84. The largest absolute Gasteiger partial charge is 0.387 e. The van der Waals surface area contributed by atoms with Gasteiger partial charge >= 0.3 is 0 Å². The Kier molecular flexibility index (Phi) is 5.10. The van der Waals surface area contributed by atoms with Crippen LogP contribution in [0.1, 0.15) is 49.5 Å². The van der Waals surface area contributed by atoms with Gasteiger partial charge in [0.15, 0.2) is 6.10 Å². The van der Waals surface area contributed by atoms with Crippen molar-refractivity contribution in [3.05, 3.63) is 65.7 Å². The van der Waals surface area contributed by atoms with Gasteiger partial charge in [-0.05, 0) is 43.0 Å². The Hall–Kier alpha value is -3.15. The summed E-state index contributed by atoms with van der Waals surface area (Å²) in [5.41, 5.74) is 3.13. The summed E-state index contributed by atoms with van der Waals surface area (Å²) >= 11 is 0. The Labute approximate surface area is 164 Å². The van der Waals surface area contributed by atoms with Crippen LogP contribution >= 0.6 is 0 Å². The molecule has 4 rings (SSSR count). The van der Waals surface area contributed by atoms with Crippen LogP contribution in [0.4, 0.5) is 5.69 Å². The van der Waals surface area contributed by atoms with E-state index >= 15 is 0 Å². The van der Waals surface area contributed by atoms with Gasteiger partial charge in [0, 0.05) is 18.0 Å². The molecular formula is C22H23N3O3. The number of benzene rings is 2.